The summed E-state index contributed by atoms with van der Waals surface area (Å²) >= 11 is 11.4. The maximum absolute atomic E-state index is 12.7. The zero-order valence-corrected chi connectivity index (χ0v) is 19.4. The molecule has 0 spiro atoms. The summed E-state index contributed by atoms with van der Waals surface area (Å²) in [6.45, 7) is 1.92. The zero-order valence-electron chi connectivity index (χ0n) is 17.8. The Kier molecular flexibility index (Phi) is 7.41. The van der Waals surface area contributed by atoms with Crippen LogP contribution in [-0.2, 0) is 6.18 Å². The first-order chi connectivity index (χ1) is 16.4. The van der Waals surface area contributed by atoms with E-state index in [1.807, 2.05) is 19.1 Å². The van der Waals surface area contributed by atoms with Crippen molar-refractivity contribution in [2.45, 2.75) is 13.1 Å². The van der Waals surface area contributed by atoms with Crippen LogP contribution in [0.25, 0.3) is 22.5 Å². The first-order valence-electron chi connectivity index (χ1n) is 9.51. The fourth-order valence-electron chi connectivity index (χ4n) is 2.88. The van der Waals surface area contributed by atoms with E-state index >= 15 is 0 Å². The first-order valence-corrected chi connectivity index (χ1v) is 10.3. The lowest BCUT2D eigenvalue weighted by Gasteiger charge is -2.11. The average molecular weight is 525 g/mol. The summed E-state index contributed by atoms with van der Waals surface area (Å²) in [5.41, 5.74) is 23.4. The average Bonchev–Trinajstić information content (AvgIpc) is 2.75. The highest BCUT2D eigenvalue weighted by Gasteiger charge is 2.33. The second-order valence-corrected chi connectivity index (χ2v) is 7.80. The molecular formula is C20H17Cl2F3N10. The van der Waals surface area contributed by atoms with Gasteiger partial charge in [0, 0.05) is 16.1 Å². The van der Waals surface area contributed by atoms with Crippen molar-refractivity contribution in [3.63, 3.8) is 0 Å². The van der Waals surface area contributed by atoms with E-state index < -0.39 is 16.8 Å². The Morgan fingerprint density at radius 2 is 1.31 bits per heavy atom. The summed E-state index contributed by atoms with van der Waals surface area (Å²) in [5.74, 6) is 0.0556. The minimum atomic E-state index is -4.57. The van der Waals surface area contributed by atoms with Gasteiger partial charge in [0.15, 0.2) is 11.6 Å². The van der Waals surface area contributed by atoms with Crippen LogP contribution in [0.2, 0.25) is 10.0 Å². The monoisotopic (exact) mass is 524 g/mol. The zero-order chi connectivity index (χ0) is 25.9. The van der Waals surface area contributed by atoms with Crippen LogP contribution in [-0.4, -0.2) is 30.4 Å². The Bertz CT molecular complexity index is 1330. The summed E-state index contributed by atoms with van der Waals surface area (Å²) in [5, 5.41) is 14.9. The number of nitrogens with zero attached hydrogens (tertiary/aromatic N) is 6. The van der Waals surface area contributed by atoms with Crippen molar-refractivity contribution in [1.82, 2.24) is 30.4 Å². The topological polar surface area (TPSA) is 181 Å². The number of rotatable bonds is 2. The van der Waals surface area contributed by atoms with E-state index in [0.29, 0.717) is 10.7 Å². The SMILES string of the molecule is Cc1cc(Cl)ccc1-c1nnc(N)nc1N.Nc1nnc(-c2ccc(Cl)c(C(F)(F)F)c2)c(N)n1. The fraction of sp³-hybridized carbons (Fsp3) is 0.100. The number of halogens is 5. The van der Waals surface area contributed by atoms with Gasteiger partial charge in [-0.3, -0.25) is 0 Å². The van der Waals surface area contributed by atoms with Crippen molar-refractivity contribution in [2.75, 3.05) is 22.9 Å². The molecule has 0 atom stereocenters. The van der Waals surface area contributed by atoms with Crippen LogP contribution in [0.15, 0.2) is 36.4 Å². The maximum Gasteiger partial charge on any atom is 0.417 e. The summed E-state index contributed by atoms with van der Waals surface area (Å²) in [7, 11) is 0. The first kappa shape index (κ1) is 25.6. The number of benzene rings is 2. The summed E-state index contributed by atoms with van der Waals surface area (Å²) in [6, 6.07) is 8.71. The summed E-state index contributed by atoms with van der Waals surface area (Å²) in [4.78, 5) is 7.49. The lowest BCUT2D eigenvalue weighted by molar-refractivity contribution is -0.137. The Morgan fingerprint density at radius 3 is 1.83 bits per heavy atom. The van der Waals surface area contributed by atoms with Gasteiger partial charge in [0.1, 0.15) is 11.4 Å². The largest absolute Gasteiger partial charge is 0.417 e. The number of hydrogen-bond donors (Lipinski definition) is 4. The highest BCUT2D eigenvalue weighted by Crippen LogP contribution is 2.37. The number of nitrogens with two attached hydrogens (primary N) is 4. The molecule has 0 saturated heterocycles. The number of hydrogen-bond acceptors (Lipinski definition) is 10. The molecule has 0 radical (unpaired) electrons. The lowest BCUT2D eigenvalue weighted by Crippen LogP contribution is -2.08. The molecular weight excluding hydrogens is 508 g/mol. The van der Waals surface area contributed by atoms with Crippen LogP contribution < -0.4 is 22.9 Å². The molecule has 2 aromatic carbocycles. The number of alkyl halides is 3. The standard InChI is InChI=1S/C10H7ClF3N5.C10H10ClN5/c11-6-2-1-4(3-5(6)10(12,13)14)7-8(15)17-9(16)19-18-7;1-5-4-6(11)2-3-7(5)8-9(12)14-10(13)16-15-8/h1-3H,(H4,15,16,17,19);2-4H,1H3,(H4,12,13,14,16). The van der Waals surface area contributed by atoms with E-state index in [1.54, 1.807) is 6.07 Å². The molecule has 10 nitrogen and oxygen atoms in total. The molecule has 0 aliphatic carbocycles. The second-order valence-electron chi connectivity index (χ2n) is 6.96. The quantitative estimate of drug-likeness (QED) is 0.298. The molecule has 2 aromatic heterocycles. The van der Waals surface area contributed by atoms with Crippen LogP contribution >= 0.6 is 23.2 Å². The second kappa shape index (κ2) is 10.1. The Balaban J connectivity index is 0.000000198. The molecule has 8 N–H and O–H groups in total. The predicted octanol–water partition coefficient (Wildman–Crippen LogP) is 4.04. The molecule has 2 heterocycles. The van der Waals surface area contributed by atoms with Crippen LogP contribution in [0.1, 0.15) is 11.1 Å². The Labute approximate surface area is 206 Å². The lowest BCUT2D eigenvalue weighted by atomic mass is 10.1. The van der Waals surface area contributed by atoms with Crippen molar-refractivity contribution in [3.05, 3.63) is 57.6 Å². The van der Waals surface area contributed by atoms with Crippen LogP contribution in [0.4, 0.5) is 36.7 Å². The molecule has 0 saturated carbocycles. The molecule has 35 heavy (non-hydrogen) atoms. The van der Waals surface area contributed by atoms with Gasteiger partial charge in [-0.25, -0.2) is 0 Å². The number of aryl methyl sites for hydroxylation is 1. The van der Waals surface area contributed by atoms with Gasteiger partial charge in [0.25, 0.3) is 0 Å². The number of anilines is 4. The van der Waals surface area contributed by atoms with Crippen molar-refractivity contribution in [3.8, 4) is 22.5 Å². The molecule has 15 heteroatoms. The van der Waals surface area contributed by atoms with E-state index in [0.717, 1.165) is 23.3 Å². The predicted molar refractivity (Wildman–Crippen MR) is 128 cm³/mol. The van der Waals surface area contributed by atoms with E-state index in [9.17, 15) is 13.2 Å². The van der Waals surface area contributed by atoms with Gasteiger partial charge in [-0.1, -0.05) is 35.3 Å². The molecule has 182 valence electrons. The Hall–Kier alpha value is -3.97. The van der Waals surface area contributed by atoms with Crippen LogP contribution in [0.3, 0.4) is 0 Å². The molecule has 0 fully saturated rings. The number of nitrogen functional groups attached to an aromatic ring is 4. The third-order valence-corrected chi connectivity index (χ3v) is 5.01. The van der Waals surface area contributed by atoms with Gasteiger partial charge in [-0.15, -0.1) is 20.4 Å². The molecule has 0 aliphatic heterocycles. The van der Waals surface area contributed by atoms with E-state index in [4.69, 9.17) is 46.1 Å². The van der Waals surface area contributed by atoms with E-state index in [2.05, 4.69) is 30.4 Å². The fourth-order valence-corrected chi connectivity index (χ4v) is 3.33. The minimum absolute atomic E-state index is 0.0105. The van der Waals surface area contributed by atoms with Gasteiger partial charge in [0.2, 0.25) is 11.9 Å². The third-order valence-electron chi connectivity index (χ3n) is 4.45. The summed E-state index contributed by atoms with van der Waals surface area (Å²) < 4.78 is 38.2. The van der Waals surface area contributed by atoms with Crippen LogP contribution in [0.5, 0.6) is 0 Å². The number of aromatic nitrogens is 6. The molecule has 0 aliphatic rings. The Morgan fingerprint density at radius 1 is 0.743 bits per heavy atom. The van der Waals surface area contributed by atoms with Crippen molar-refractivity contribution in [1.29, 1.82) is 0 Å². The van der Waals surface area contributed by atoms with Crippen molar-refractivity contribution in [2.24, 2.45) is 0 Å². The van der Waals surface area contributed by atoms with Crippen LogP contribution in [0, 0.1) is 6.92 Å². The minimum Gasteiger partial charge on any atom is -0.382 e. The highest BCUT2D eigenvalue weighted by atomic mass is 35.5. The smallest absolute Gasteiger partial charge is 0.382 e. The third kappa shape index (κ3) is 6.13. The van der Waals surface area contributed by atoms with E-state index in [-0.39, 0.29) is 34.8 Å². The van der Waals surface area contributed by atoms with Crippen molar-refractivity contribution >= 4 is 46.7 Å². The molecule has 4 rings (SSSR count). The molecule has 0 amide bonds. The van der Waals surface area contributed by atoms with Gasteiger partial charge in [-0.2, -0.15) is 23.1 Å². The molecule has 0 bridgehead atoms. The van der Waals surface area contributed by atoms with E-state index in [1.165, 1.54) is 6.07 Å². The maximum atomic E-state index is 12.7. The van der Waals surface area contributed by atoms with Gasteiger partial charge < -0.3 is 22.9 Å². The van der Waals surface area contributed by atoms with Gasteiger partial charge >= 0.3 is 6.18 Å². The molecule has 0 unspecified atom stereocenters. The summed E-state index contributed by atoms with van der Waals surface area (Å²) in [6.07, 6.45) is -4.57. The molecule has 4 aromatic rings. The van der Waals surface area contributed by atoms with Gasteiger partial charge in [-0.05, 0) is 36.8 Å². The highest BCUT2D eigenvalue weighted by molar-refractivity contribution is 6.31. The van der Waals surface area contributed by atoms with Gasteiger partial charge in [0.05, 0.1) is 10.6 Å². The normalized spacial score (nSPS) is 11.0. The van der Waals surface area contributed by atoms with Crippen molar-refractivity contribution < 1.29 is 13.2 Å².